The van der Waals surface area contributed by atoms with E-state index < -0.39 is 0 Å². The van der Waals surface area contributed by atoms with Crippen LogP contribution in [0.25, 0.3) is 11.0 Å². The van der Waals surface area contributed by atoms with Crippen molar-refractivity contribution in [1.29, 1.82) is 0 Å². The zero-order chi connectivity index (χ0) is 9.97. The maximum atomic E-state index is 4.52. The van der Waals surface area contributed by atoms with E-state index in [0.29, 0.717) is 0 Å². The molecule has 0 atom stereocenters. The van der Waals surface area contributed by atoms with Gasteiger partial charge in [-0.25, -0.2) is 4.98 Å². The molecule has 3 heteroatoms. The van der Waals surface area contributed by atoms with E-state index in [1.54, 1.807) is 0 Å². The average Bonchev–Trinajstić information content (AvgIpc) is 2.56. The Morgan fingerprint density at radius 1 is 1.43 bits per heavy atom. The monoisotopic (exact) mass is 206 g/mol. The Labute approximate surface area is 88.1 Å². The molecule has 2 aromatic rings. The molecule has 1 N–H and O–H groups in total. The van der Waals surface area contributed by atoms with Crippen LogP contribution in [0.2, 0.25) is 0 Å². The van der Waals surface area contributed by atoms with Crippen molar-refractivity contribution < 1.29 is 0 Å². The second kappa shape index (κ2) is 4.05. The molecule has 14 heavy (non-hydrogen) atoms. The predicted octanol–water partition coefficient (Wildman–Crippen LogP) is 2.78. The average molecular weight is 206 g/mol. The standard InChI is InChI=1S/C11H14N2S/c1-8-3-4-9-10(7-8)13-11(12-9)5-6-14-2/h3-4,7H,5-6H2,1-2H3,(H,12,13). The lowest BCUT2D eigenvalue weighted by molar-refractivity contribution is 1.01. The number of aryl methyl sites for hydroxylation is 2. The summed E-state index contributed by atoms with van der Waals surface area (Å²) in [6, 6.07) is 6.32. The van der Waals surface area contributed by atoms with E-state index in [0.717, 1.165) is 29.0 Å². The first-order valence-electron chi connectivity index (χ1n) is 4.74. The Morgan fingerprint density at radius 3 is 3.07 bits per heavy atom. The molecule has 0 radical (unpaired) electrons. The Kier molecular flexibility index (Phi) is 2.77. The zero-order valence-corrected chi connectivity index (χ0v) is 9.32. The van der Waals surface area contributed by atoms with Gasteiger partial charge in [0.05, 0.1) is 11.0 Å². The molecule has 0 amide bonds. The maximum absolute atomic E-state index is 4.52. The third-order valence-electron chi connectivity index (χ3n) is 2.23. The van der Waals surface area contributed by atoms with Gasteiger partial charge in [-0.2, -0.15) is 11.8 Å². The summed E-state index contributed by atoms with van der Waals surface area (Å²) in [5.74, 6) is 2.22. The molecule has 0 aliphatic heterocycles. The van der Waals surface area contributed by atoms with Crippen molar-refractivity contribution in [3.63, 3.8) is 0 Å². The topological polar surface area (TPSA) is 28.7 Å². The molecule has 2 nitrogen and oxygen atoms in total. The van der Waals surface area contributed by atoms with Crippen LogP contribution in [-0.2, 0) is 6.42 Å². The molecule has 0 aliphatic rings. The summed E-state index contributed by atoms with van der Waals surface area (Å²) in [5.41, 5.74) is 3.50. The van der Waals surface area contributed by atoms with Crippen LogP contribution in [-0.4, -0.2) is 22.0 Å². The minimum Gasteiger partial charge on any atom is -0.342 e. The van der Waals surface area contributed by atoms with Gasteiger partial charge < -0.3 is 4.98 Å². The Bertz CT molecular complexity index is 434. The number of aromatic amines is 1. The molecule has 0 aliphatic carbocycles. The molecule has 0 spiro atoms. The van der Waals surface area contributed by atoms with Crippen LogP contribution in [0.15, 0.2) is 18.2 Å². The molecule has 1 heterocycles. The highest BCUT2D eigenvalue weighted by molar-refractivity contribution is 7.98. The second-order valence-corrected chi connectivity index (χ2v) is 4.43. The zero-order valence-electron chi connectivity index (χ0n) is 8.50. The van der Waals surface area contributed by atoms with Gasteiger partial charge in [0.25, 0.3) is 0 Å². The smallest absolute Gasteiger partial charge is 0.108 e. The molecule has 0 saturated carbocycles. The number of thioether (sulfide) groups is 1. The van der Waals surface area contributed by atoms with Gasteiger partial charge in [0, 0.05) is 12.2 Å². The van der Waals surface area contributed by atoms with E-state index in [4.69, 9.17) is 0 Å². The fourth-order valence-electron chi connectivity index (χ4n) is 1.49. The van der Waals surface area contributed by atoms with Gasteiger partial charge in [0.2, 0.25) is 0 Å². The summed E-state index contributed by atoms with van der Waals surface area (Å²) in [7, 11) is 0. The number of fused-ring (bicyclic) bond motifs is 1. The quantitative estimate of drug-likeness (QED) is 0.836. The van der Waals surface area contributed by atoms with Crippen LogP contribution in [0, 0.1) is 6.92 Å². The summed E-state index contributed by atoms with van der Waals surface area (Å²) < 4.78 is 0. The third-order valence-corrected chi connectivity index (χ3v) is 2.84. The highest BCUT2D eigenvalue weighted by atomic mass is 32.2. The SMILES string of the molecule is CSCCc1nc2ccc(C)cc2[nH]1. The number of hydrogen-bond donors (Lipinski definition) is 1. The number of imidazole rings is 1. The molecule has 1 aromatic heterocycles. The first-order chi connectivity index (χ1) is 6.79. The van der Waals surface area contributed by atoms with Gasteiger partial charge in [-0.15, -0.1) is 0 Å². The van der Waals surface area contributed by atoms with E-state index >= 15 is 0 Å². The number of nitrogens with one attached hydrogen (secondary N) is 1. The van der Waals surface area contributed by atoms with Crippen molar-refractivity contribution in [1.82, 2.24) is 9.97 Å². The van der Waals surface area contributed by atoms with Crippen molar-refractivity contribution in [2.45, 2.75) is 13.3 Å². The first-order valence-corrected chi connectivity index (χ1v) is 6.13. The van der Waals surface area contributed by atoms with Crippen molar-refractivity contribution >= 4 is 22.8 Å². The second-order valence-electron chi connectivity index (χ2n) is 3.45. The minimum atomic E-state index is 1.02. The Hall–Kier alpha value is -0.960. The molecule has 1 aromatic carbocycles. The van der Waals surface area contributed by atoms with E-state index in [1.807, 2.05) is 11.8 Å². The molecule has 0 bridgehead atoms. The van der Waals surface area contributed by atoms with Crippen LogP contribution >= 0.6 is 11.8 Å². The van der Waals surface area contributed by atoms with Crippen LogP contribution in [0.4, 0.5) is 0 Å². The van der Waals surface area contributed by atoms with Crippen LogP contribution in [0.5, 0.6) is 0 Å². The molecular weight excluding hydrogens is 192 g/mol. The van der Waals surface area contributed by atoms with Gasteiger partial charge in [0.1, 0.15) is 5.82 Å². The van der Waals surface area contributed by atoms with Gasteiger partial charge >= 0.3 is 0 Å². The van der Waals surface area contributed by atoms with E-state index in [9.17, 15) is 0 Å². The molecule has 2 rings (SSSR count). The van der Waals surface area contributed by atoms with Gasteiger partial charge in [0.15, 0.2) is 0 Å². The number of H-pyrrole nitrogens is 1. The highest BCUT2D eigenvalue weighted by Crippen LogP contribution is 2.13. The van der Waals surface area contributed by atoms with Crippen LogP contribution in [0.3, 0.4) is 0 Å². The van der Waals surface area contributed by atoms with Crippen molar-refractivity contribution in [3.8, 4) is 0 Å². The van der Waals surface area contributed by atoms with E-state index in [2.05, 4.69) is 41.3 Å². The first kappa shape index (κ1) is 9.59. The number of nitrogens with zero attached hydrogens (tertiary/aromatic N) is 1. The molecule has 0 saturated heterocycles. The van der Waals surface area contributed by atoms with Crippen LogP contribution in [0.1, 0.15) is 11.4 Å². The lowest BCUT2D eigenvalue weighted by Gasteiger charge is -1.91. The number of benzene rings is 1. The van der Waals surface area contributed by atoms with Gasteiger partial charge in [-0.1, -0.05) is 6.07 Å². The molecule has 0 unspecified atom stereocenters. The lowest BCUT2D eigenvalue weighted by atomic mass is 10.2. The minimum absolute atomic E-state index is 1.02. The lowest BCUT2D eigenvalue weighted by Crippen LogP contribution is -1.89. The summed E-state index contributed by atoms with van der Waals surface area (Å²) >= 11 is 1.85. The predicted molar refractivity (Wildman–Crippen MR) is 62.9 cm³/mol. The molecule has 74 valence electrons. The third kappa shape index (κ3) is 1.93. The maximum Gasteiger partial charge on any atom is 0.108 e. The van der Waals surface area contributed by atoms with E-state index in [1.165, 1.54) is 5.56 Å². The fourth-order valence-corrected chi connectivity index (χ4v) is 1.89. The molecular formula is C11H14N2S. The molecule has 0 fully saturated rings. The fraction of sp³-hybridized carbons (Fsp3) is 0.364. The van der Waals surface area contributed by atoms with Crippen molar-refractivity contribution in [3.05, 3.63) is 29.6 Å². The van der Waals surface area contributed by atoms with Gasteiger partial charge in [-0.05, 0) is 30.9 Å². The number of rotatable bonds is 3. The Balaban J connectivity index is 2.32. The summed E-state index contributed by atoms with van der Waals surface area (Å²) in [5, 5.41) is 0. The largest absolute Gasteiger partial charge is 0.342 e. The van der Waals surface area contributed by atoms with Crippen molar-refractivity contribution in [2.24, 2.45) is 0 Å². The van der Waals surface area contributed by atoms with Crippen molar-refractivity contribution in [2.75, 3.05) is 12.0 Å². The highest BCUT2D eigenvalue weighted by Gasteiger charge is 2.01. The Morgan fingerprint density at radius 2 is 2.29 bits per heavy atom. The summed E-state index contributed by atoms with van der Waals surface area (Å²) in [4.78, 5) is 7.87. The van der Waals surface area contributed by atoms with E-state index in [-0.39, 0.29) is 0 Å². The normalized spacial score (nSPS) is 11.0. The summed E-state index contributed by atoms with van der Waals surface area (Å²) in [6.07, 6.45) is 3.14. The number of aromatic nitrogens is 2. The van der Waals surface area contributed by atoms with Gasteiger partial charge in [-0.3, -0.25) is 0 Å². The number of hydrogen-bond acceptors (Lipinski definition) is 2. The van der Waals surface area contributed by atoms with Crippen LogP contribution < -0.4 is 0 Å². The summed E-state index contributed by atoms with van der Waals surface area (Å²) in [6.45, 7) is 2.10.